The van der Waals surface area contributed by atoms with Crippen molar-refractivity contribution in [2.45, 2.75) is 13.1 Å². The number of rotatable bonds is 6. The predicted molar refractivity (Wildman–Crippen MR) is 68.8 cm³/mol. The maximum atomic E-state index is 5.34. The van der Waals surface area contributed by atoms with Crippen LogP contribution in [-0.2, 0) is 13.1 Å². The van der Waals surface area contributed by atoms with E-state index in [9.17, 15) is 0 Å². The fourth-order valence-corrected chi connectivity index (χ4v) is 1.73. The molecule has 0 saturated carbocycles. The zero-order valence-corrected chi connectivity index (χ0v) is 10.6. The molecule has 0 bridgehead atoms. The van der Waals surface area contributed by atoms with Crippen LogP contribution in [0.3, 0.4) is 0 Å². The van der Waals surface area contributed by atoms with Gasteiger partial charge in [0, 0.05) is 30.3 Å². The van der Waals surface area contributed by atoms with E-state index in [1.54, 1.807) is 26.7 Å². The largest absolute Gasteiger partial charge is 0.497 e. The van der Waals surface area contributed by atoms with Crippen molar-refractivity contribution in [3.8, 4) is 11.5 Å². The third-order valence-corrected chi connectivity index (χ3v) is 2.72. The number of benzene rings is 1. The molecule has 0 unspecified atom stereocenters. The van der Waals surface area contributed by atoms with Gasteiger partial charge in [-0.2, -0.15) is 0 Å². The number of ether oxygens (including phenoxy) is 2. The number of methoxy groups -OCH3 is 2. The lowest BCUT2D eigenvalue weighted by Crippen LogP contribution is -2.12. The molecule has 0 amide bonds. The summed E-state index contributed by atoms with van der Waals surface area (Å²) in [5, 5.41) is 3.34. The Kier molecular flexibility index (Phi) is 4.25. The predicted octanol–water partition coefficient (Wildman–Crippen LogP) is 2.59. The Morgan fingerprint density at radius 1 is 1.11 bits per heavy atom. The molecule has 4 heteroatoms. The first-order chi connectivity index (χ1) is 8.83. The Hall–Kier alpha value is -1.94. The molecule has 2 aromatic rings. The van der Waals surface area contributed by atoms with Crippen molar-refractivity contribution in [2.75, 3.05) is 14.2 Å². The third-order valence-electron chi connectivity index (χ3n) is 2.72. The van der Waals surface area contributed by atoms with E-state index in [1.807, 2.05) is 24.3 Å². The highest BCUT2D eigenvalue weighted by Gasteiger charge is 2.04. The van der Waals surface area contributed by atoms with E-state index >= 15 is 0 Å². The van der Waals surface area contributed by atoms with Crippen LogP contribution in [0.1, 0.15) is 11.1 Å². The molecular formula is C14H17NO3. The Morgan fingerprint density at radius 2 is 2.00 bits per heavy atom. The van der Waals surface area contributed by atoms with Crippen LogP contribution < -0.4 is 14.8 Å². The minimum absolute atomic E-state index is 0.734. The van der Waals surface area contributed by atoms with Crippen molar-refractivity contribution in [1.29, 1.82) is 0 Å². The maximum absolute atomic E-state index is 5.34. The van der Waals surface area contributed by atoms with Gasteiger partial charge in [-0.25, -0.2) is 0 Å². The topological polar surface area (TPSA) is 43.6 Å². The number of furan rings is 1. The lowest BCUT2D eigenvalue weighted by atomic mass is 10.2. The number of hydrogen-bond donors (Lipinski definition) is 1. The Bertz CT molecular complexity index is 480. The van der Waals surface area contributed by atoms with Gasteiger partial charge in [-0.1, -0.05) is 6.07 Å². The highest BCUT2D eigenvalue weighted by Crippen LogP contribution is 2.24. The van der Waals surface area contributed by atoms with Crippen LogP contribution in [0.25, 0.3) is 0 Å². The molecule has 4 nitrogen and oxygen atoms in total. The van der Waals surface area contributed by atoms with Crippen LogP contribution in [0.4, 0.5) is 0 Å². The molecule has 0 fully saturated rings. The van der Waals surface area contributed by atoms with Gasteiger partial charge in [-0.05, 0) is 12.1 Å². The van der Waals surface area contributed by atoms with Crippen molar-refractivity contribution < 1.29 is 13.9 Å². The molecular weight excluding hydrogens is 230 g/mol. The lowest BCUT2D eigenvalue weighted by molar-refractivity contribution is 0.390. The van der Waals surface area contributed by atoms with Crippen LogP contribution in [0.2, 0.25) is 0 Å². The molecule has 0 aliphatic heterocycles. The van der Waals surface area contributed by atoms with Crippen molar-refractivity contribution >= 4 is 0 Å². The normalized spacial score (nSPS) is 10.3. The van der Waals surface area contributed by atoms with Gasteiger partial charge >= 0.3 is 0 Å². The second-order valence-corrected chi connectivity index (χ2v) is 3.91. The SMILES string of the molecule is COc1ccc(CNCc2ccoc2)c(OC)c1. The van der Waals surface area contributed by atoms with Crippen molar-refractivity contribution in [3.05, 3.63) is 47.9 Å². The van der Waals surface area contributed by atoms with Crippen LogP contribution >= 0.6 is 0 Å². The van der Waals surface area contributed by atoms with E-state index in [4.69, 9.17) is 13.9 Å². The molecule has 0 spiro atoms. The summed E-state index contributed by atoms with van der Waals surface area (Å²) in [4.78, 5) is 0. The molecule has 1 aromatic heterocycles. The van der Waals surface area contributed by atoms with E-state index in [-0.39, 0.29) is 0 Å². The monoisotopic (exact) mass is 247 g/mol. The highest BCUT2D eigenvalue weighted by molar-refractivity contribution is 5.40. The third kappa shape index (κ3) is 3.05. The second kappa shape index (κ2) is 6.12. The zero-order valence-electron chi connectivity index (χ0n) is 10.6. The summed E-state index contributed by atoms with van der Waals surface area (Å²) in [7, 11) is 3.31. The Balaban J connectivity index is 1.96. The van der Waals surface area contributed by atoms with Crippen molar-refractivity contribution in [3.63, 3.8) is 0 Å². The van der Waals surface area contributed by atoms with E-state index in [0.717, 1.165) is 35.7 Å². The molecule has 18 heavy (non-hydrogen) atoms. The minimum Gasteiger partial charge on any atom is -0.497 e. The molecule has 0 saturated heterocycles. The van der Waals surface area contributed by atoms with Gasteiger partial charge in [0.1, 0.15) is 11.5 Å². The first-order valence-corrected chi connectivity index (χ1v) is 5.76. The summed E-state index contributed by atoms with van der Waals surface area (Å²) in [6.45, 7) is 1.50. The fraction of sp³-hybridized carbons (Fsp3) is 0.286. The standard InChI is InChI=1S/C14H17NO3/c1-16-13-4-3-12(14(7-13)17-2)9-15-8-11-5-6-18-10-11/h3-7,10,15H,8-9H2,1-2H3. The van der Waals surface area contributed by atoms with Gasteiger partial charge in [-0.3, -0.25) is 0 Å². The molecule has 0 aliphatic rings. The molecule has 1 N–H and O–H groups in total. The van der Waals surface area contributed by atoms with Crippen molar-refractivity contribution in [2.24, 2.45) is 0 Å². The van der Waals surface area contributed by atoms with E-state index < -0.39 is 0 Å². The van der Waals surface area contributed by atoms with E-state index in [0.29, 0.717) is 0 Å². The second-order valence-electron chi connectivity index (χ2n) is 3.91. The van der Waals surface area contributed by atoms with Gasteiger partial charge in [0.05, 0.1) is 26.7 Å². The molecule has 1 heterocycles. The van der Waals surface area contributed by atoms with Crippen LogP contribution in [-0.4, -0.2) is 14.2 Å². The highest BCUT2D eigenvalue weighted by atomic mass is 16.5. The summed E-state index contributed by atoms with van der Waals surface area (Å²) in [5.74, 6) is 1.62. The smallest absolute Gasteiger partial charge is 0.127 e. The molecule has 0 radical (unpaired) electrons. The molecule has 96 valence electrons. The van der Waals surface area contributed by atoms with E-state index in [1.165, 1.54) is 0 Å². The lowest BCUT2D eigenvalue weighted by Gasteiger charge is -2.10. The average Bonchev–Trinajstić information content (AvgIpc) is 2.92. The van der Waals surface area contributed by atoms with E-state index in [2.05, 4.69) is 5.32 Å². The Morgan fingerprint density at radius 3 is 2.67 bits per heavy atom. The molecule has 1 aromatic carbocycles. The van der Waals surface area contributed by atoms with Gasteiger partial charge in [0.25, 0.3) is 0 Å². The van der Waals surface area contributed by atoms with Gasteiger partial charge in [0.2, 0.25) is 0 Å². The van der Waals surface area contributed by atoms with Crippen LogP contribution in [0.5, 0.6) is 11.5 Å². The van der Waals surface area contributed by atoms with Crippen LogP contribution in [0, 0.1) is 0 Å². The van der Waals surface area contributed by atoms with Gasteiger partial charge in [-0.15, -0.1) is 0 Å². The maximum Gasteiger partial charge on any atom is 0.127 e. The zero-order chi connectivity index (χ0) is 12.8. The first-order valence-electron chi connectivity index (χ1n) is 5.76. The van der Waals surface area contributed by atoms with Gasteiger partial charge in [0.15, 0.2) is 0 Å². The fourth-order valence-electron chi connectivity index (χ4n) is 1.73. The van der Waals surface area contributed by atoms with Crippen LogP contribution in [0.15, 0.2) is 41.2 Å². The minimum atomic E-state index is 0.734. The summed E-state index contributed by atoms with van der Waals surface area (Å²) in [6.07, 6.45) is 3.41. The molecule has 2 rings (SSSR count). The quantitative estimate of drug-likeness (QED) is 0.852. The number of hydrogen-bond acceptors (Lipinski definition) is 4. The first kappa shape index (κ1) is 12.5. The summed E-state index contributed by atoms with van der Waals surface area (Å²) < 4.78 is 15.5. The molecule has 0 atom stereocenters. The summed E-state index contributed by atoms with van der Waals surface area (Å²) in [5.41, 5.74) is 2.23. The number of nitrogens with one attached hydrogen (secondary N) is 1. The molecule has 0 aliphatic carbocycles. The average molecular weight is 247 g/mol. The summed E-state index contributed by atoms with van der Waals surface area (Å²) in [6, 6.07) is 7.75. The summed E-state index contributed by atoms with van der Waals surface area (Å²) >= 11 is 0. The van der Waals surface area contributed by atoms with Crippen molar-refractivity contribution in [1.82, 2.24) is 5.32 Å². The Labute approximate surface area is 107 Å². The van der Waals surface area contributed by atoms with Gasteiger partial charge < -0.3 is 19.2 Å².